The van der Waals surface area contributed by atoms with E-state index in [9.17, 15) is 0 Å². The number of anilines is 2. The normalized spacial score (nSPS) is 21.7. The molecule has 2 N–H and O–H groups in total. The van der Waals surface area contributed by atoms with Crippen LogP contribution in [0.25, 0.3) is 0 Å². The Morgan fingerprint density at radius 3 is 2.91 bits per heavy atom. The summed E-state index contributed by atoms with van der Waals surface area (Å²) in [6.07, 6.45) is 6.11. The Morgan fingerprint density at radius 2 is 2.09 bits per heavy atom. The summed E-state index contributed by atoms with van der Waals surface area (Å²) in [7, 11) is 0. The van der Waals surface area contributed by atoms with E-state index in [1.54, 1.807) is 0 Å². The van der Waals surface area contributed by atoms with Gasteiger partial charge in [-0.05, 0) is 25.0 Å². The number of nitrogens with zero attached hydrogens (tertiary/aromatic N) is 4. The fraction of sp³-hybridized carbons (Fsp3) is 0.529. The van der Waals surface area contributed by atoms with Crippen molar-refractivity contribution >= 4 is 11.6 Å². The van der Waals surface area contributed by atoms with E-state index in [1.807, 2.05) is 24.5 Å². The SMILES string of the molecule is c1ccc(N2CCC(NC[C@H]3CNc4ccnn4C3)CC2)nc1. The molecule has 122 valence electrons. The van der Waals surface area contributed by atoms with Gasteiger partial charge in [0.15, 0.2) is 0 Å². The summed E-state index contributed by atoms with van der Waals surface area (Å²) >= 11 is 0. The third-order valence-electron chi connectivity index (χ3n) is 4.88. The van der Waals surface area contributed by atoms with Crippen molar-refractivity contribution in [3.05, 3.63) is 36.7 Å². The highest BCUT2D eigenvalue weighted by atomic mass is 15.3. The molecule has 6 nitrogen and oxygen atoms in total. The minimum atomic E-state index is 0.608. The number of hydrogen-bond donors (Lipinski definition) is 2. The number of aromatic nitrogens is 3. The van der Waals surface area contributed by atoms with Gasteiger partial charge in [0.1, 0.15) is 11.6 Å². The van der Waals surface area contributed by atoms with E-state index in [2.05, 4.69) is 42.4 Å². The highest BCUT2D eigenvalue weighted by molar-refractivity contribution is 5.38. The summed E-state index contributed by atoms with van der Waals surface area (Å²) in [5, 5.41) is 11.6. The zero-order chi connectivity index (χ0) is 15.5. The van der Waals surface area contributed by atoms with Crippen molar-refractivity contribution in [3.8, 4) is 0 Å². The van der Waals surface area contributed by atoms with Crippen LogP contribution in [0.5, 0.6) is 0 Å². The summed E-state index contributed by atoms with van der Waals surface area (Å²) in [5.41, 5.74) is 0. The molecule has 2 aromatic heterocycles. The highest BCUT2D eigenvalue weighted by Gasteiger charge is 2.22. The molecule has 1 saturated heterocycles. The van der Waals surface area contributed by atoms with Crippen LogP contribution in [0.4, 0.5) is 11.6 Å². The van der Waals surface area contributed by atoms with Gasteiger partial charge in [-0.2, -0.15) is 5.10 Å². The molecule has 0 spiro atoms. The summed E-state index contributed by atoms with van der Waals surface area (Å²) < 4.78 is 2.07. The Balaban J connectivity index is 1.23. The quantitative estimate of drug-likeness (QED) is 0.898. The second-order valence-corrected chi connectivity index (χ2v) is 6.50. The minimum Gasteiger partial charge on any atom is -0.370 e. The van der Waals surface area contributed by atoms with Crippen LogP contribution in [-0.2, 0) is 6.54 Å². The van der Waals surface area contributed by atoms with Gasteiger partial charge in [-0.3, -0.25) is 0 Å². The van der Waals surface area contributed by atoms with Crippen LogP contribution in [0.1, 0.15) is 12.8 Å². The van der Waals surface area contributed by atoms with E-state index in [0.717, 1.165) is 44.4 Å². The van der Waals surface area contributed by atoms with Gasteiger partial charge in [-0.15, -0.1) is 0 Å². The van der Waals surface area contributed by atoms with Crippen molar-refractivity contribution in [1.82, 2.24) is 20.1 Å². The predicted octanol–water partition coefficient (Wildman–Crippen LogP) is 1.58. The molecule has 6 heteroatoms. The molecular formula is C17H24N6. The molecule has 2 aliphatic rings. The van der Waals surface area contributed by atoms with Crippen LogP contribution in [0.2, 0.25) is 0 Å². The predicted molar refractivity (Wildman–Crippen MR) is 91.7 cm³/mol. The number of fused-ring (bicyclic) bond motifs is 1. The zero-order valence-electron chi connectivity index (χ0n) is 13.4. The standard InChI is InChI=1S/C17H24N6/c1-2-7-18-16(3-1)22-9-5-15(6-10-22)19-11-14-12-20-17-4-8-21-23(17)13-14/h1-4,7-8,14-15,19-20H,5-6,9-13H2/t14-/m0/s1. The molecule has 23 heavy (non-hydrogen) atoms. The lowest BCUT2D eigenvalue weighted by Gasteiger charge is -2.34. The number of piperidine rings is 1. The molecule has 2 aromatic rings. The Bertz CT molecular complexity index is 617. The summed E-state index contributed by atoms with van der Waals surface area (Å²) in [6.45, 7) is 5.27. The van der Waals surface area contributed by atoms with Crippen LogP contribution in [0.15, 0.2) is 36.7 Å². The average Bonchev–Trinajstić information content (AvgIpc) is 3.09. The Labute approximate surface area is 136 Å². The lowest BCUT2D eigenvalue weighted by atomic mass is 10.0. The first kappa shape index (κ1) is 14.5. The van der Waals surface area contributed by atoms with Gasteiger partial charge in [0.25, 0.3) is 0 Å². The van der Waals surface area contributed by atoms with Crippen molar-refractivity contribution in [1.29, 1.82) is 0 Å². The molecular weight excluding hydrogens is 288 g/mol. The van der Waals surface area contributed by atoms with Crippen molar-refractivity contribution in [2.45, 2.75) is 25.4 Å². The van der Waals surface area contributed by atoms with Crippen LogP contribution in [0, 0.1) is 5.92 Å². The number of rotatable bonds is 4. The lowest BCUT2D eigenvalue weighted by molar-refractivity contribution is 0.342. The fourth-order valence-corrected chi connectivity index (χ4v) is 3.51. The van der Waals surface area contributed by atoms with Crippen molar-refractivity contribution < 1.29 is 0 Å². The maximum Gasteiger partial charge on any atom is 0.128 e. The van der Waals surface area contributed by atoms with E-state index in [1.165, 1.54) is 12.8 Å². The van der Waals surface area contributed by atoms with Crippen LogP contribution in [-0.4, -0.2) is 47.0 Å². The van der Waals surface area contributed by atoms with Gasteiger partial charge in [0.2, 0.25) is 0 Å². The second-order valence-electron chi connectivity index (χ2n) is 6.50. The van der Waals surface area contributed by atoms with Gasteiger partial charge in [-0.25, -0.2) is 9.67 Å². The smallest absolute Gasteiger partial charge is 0.128 e. The van der Waals surface area contributed by atoms with E-state index in [0.29, 0.717) is 12.0 Å². The number of pyridine rings is 1. The zero-order valence-corrected chi connectivity index (χ0v) is 13.4. The molecule has 1 fully saturated rings. The second kappa shape index (κ2) is 6.58. The molecule has 0 amide bonds. The van der Waals surface area contributed by atoms with Gasteiger partial charge < -0.3 is 15.5 Å². The maximum absolute atomic E-state index is 4.45. The van der Waals surface area contributed by atoms with E-state index < -0.39 is 0 Å². The molecule has 0 unspecified atom stereocenters. The third-order valence-corrected chi connectivity index (χ3v) is 4.88. The highest BCUT2D eigenvalue weighted by Crippen LogP contribution is 2.19. The summed E-state index contributed by atoms with van der Waals surface area (Å²) in [5.74, 6) is 2.86. The number of nitrogens with one attached hydrogen (secondary N) is 2. The van der Waals surface area contributed by atoms with E-state index in [4.69, 9.17) is 0 Å². The summed E-state index contributed by atoms with van der Waals surface area (Å²) in [6, 6.07) is 8.79. The maximum atomic E-state index is 4.45. The molecule has 0 aromatic carbocycles. The molecule has 4 rings (SSSR count). The lowest BCUT2D eigenvalue weighted by Crippen LogP contribution is -2.45. The fourth-order valence-electron chi connectivity index (χ4n) is 3.51. The van der Waals surface area contributed by atoms with E-state index >= 15 is 0 Å². The molecule has 0 radical (unpaired) electrons. The first-order chi connectivity index (χ1) is 11.4. The third kappa shape index (κ3) is 3.32. The largest absolute Gasteiger partial charge is 0.370 e. The molecule has 0 bridgehead atoms. The molecule has 4 heterocycles. The van der Waals surface area contributed by atoms with Gasteiger partial charge >= 0.3 is 0 Å². The first-order valence-corrected chi connectivity index (χ1v) is 8.53. The first-order valence-electron chi connectivity index (χ1n) is 8.53. The Kier molecular flexibility index (Phi) is 4.15. The van der Waals surface area contributed by atoms with Crippen molar-refractivity contribution in [2.75, 3.05) is 36.4 Å². The van der Waals surface area contributed by atoms with Crippen LogP contribution >= 0.6 is 0 Å². The van der Waals surface area contributed by atoms with Gasteiger partial charge in [-0.1, -0.05) is 6.07 Å². The molecule has 0 saturated carbocycles. The molecule has 1 atom stereocenters. The van der Waals surface area contributed by atoms with Crippen molar-refractivity contribution in [3.63, 3.8) is 0 Å². The van der Waals surface area contributed by atoms with Crippen LogP contribution < -0.4 is 15.5 Å². The number of hydrogen-bond acceptors (Lipinski definition) is 5. The van der Waals surface area contributed by atoms with Crippen molar-refractivity contribution in [2.24, 2.45) is 5.92 Å². The minimum absolute atomic E-state index is 0.608. The monoisotopic (exact) mass is 312 g/mol. The molecule has 2 aliphatic heterocycles. The van der Waals surface area contributed by atoms with E-state index in [-0.39, 0.29) is 0 Å². The summed E-state index contributed by atoms with van der Waals surface area (Å²) in [4.78, 5) is 6.84. The Hall–Kier alpha value is -2.08. The van der Waals surface area contributed by atoms with Gasteiger partial charge in [0, 0.05) is 56.9 Å². The molecule has 0 aliphatic carbocycles. The van der Waals surface area contributed by atoms with Crippen LogP contribution in [0.3, 0.4) is 0 Å². The topological polar surface area (TPSA) is 58.0 Å². The van der Waals surface area contributed by atoms with Gasteiger partial charge in [0.05, 0.1) is 6.20 Å². The Morgan fingerprint density at radius 1 is 1.17 bits per heavy atom. The average molecular weight is 312 g/mol.